The molecule has 0 aromatic heterocycles. The molecule has 0 aliphatic rings. The van der Waals surface area contributed by atoms with Crippen molar-refractivity contribution >= 4 is 17.3 Å². The maximum absolute atomic E-state index is 12.1. The van der Waals surface area contributed by atoms with Gasteiger partial charge in [0.25, 0.3) is 0 Å². The van der Waals surface area contributed by atoms with Crippen LogP contribution in [0.5, 0.6) is 0 Å². The lowest BCUT2D eigenvalue weighted by Gasteiger charge is -2.23. The maximum atomic E-state index is 12.1. The molecule has 0 heterocycles. The number of nitrogens with zero attached hydrogens (tertiary/aromatic N) is 1. The Labute approximate surface area is 137 Å². The number of benzene rings is 2. The summed E-state index contributed by atoms with van der Waals surface area (Å²) in [6, 6.07) is 16.9. The van der Waals surface area contributed by atoms with Gasteiger partial charge in [0.05, 0.1) is 18.2 Å². The summed E-state index contributed by atoms with van der Waals surface area (Å²) in [5, 5.41) is 14.8. The second-order valence-electron chi connectivity index (χ2n) is 6.39. The molecule has 118 valence electrons. The number of para-hydroxylation sites is 1. The molecule has 23 heavy (non-hydrogen) atoms. The summed E-state index contributed by atoms with van der Waals surface area (Å²) < 4.78 is 0. The smallest absolute Gasteiger partial charge is 0.243 e. The predicted molar refractivity (Wildman–Crippen MR) is 93.4 cm³/mol. The standard InChI is InChI=1S/C19H21N3O/c1-19(2,3)16-6-4-5-7-17(16)21-13-18(23)22-15-10-8-14(12-20)9-11-15/h4-11,21H,13H2,1-3H3,(H,22,23). The Morgan fingerprint density at radius 2 is 1.74 bits per heavy atom. The van der Waals surface area contributed by atoms with Crippen molar-refractivity contribution in [1.29, 1.82) is 5.26 Å². The fourth-order valence-electron chi connectivity index (χ4n) is 2.30. The molecule has 0 aliphatic carbocycles. The Morgan fingerprint density at radius 1 is 1.09 bits per heavy atom. The molecule has 4 heteroatoms. The predicted octanol–water partition coefficient (Wildman–Crippen LogP) is 3.91. The number of hydrogen-bond acceptors (Lipinski definition) is 3. The van der Waals surface area contributed by atoms with Crippen molar-refractivity contribution in [3.8, 4) is 6.07 Å². The highest BCUT2D eigenvalue weighted by molar-refractivity contribution is 5.93. The lowest BCUT2D eigenvalue weighted by molar-refractivity contribution is -0.114. The fourth-order valence-corrected chi connectivity index (χ4v) is 2.30. The zero-order chi connectivity index (χ0) is 16.9. The number of anilines is 2. The molecular weight excluding hydrogens is 286 g/mol. The van der Waals surface area contributed by atoms with Crippen molar-refractivity contribution in [3.05, 3.63) is 59.7 Å². The second-order valence-corrected chi connectivity index (χ2v) is 6.39. The lowest BCUT2D eigenvalue weighted by atomic mass is 9.86. The number of carbonyl (C=O) groups excluding carboxylic acids is 1. The van der Waals surface area contributed by atoms with Crippen molar-refractivity contribution < 1.29 is 4.79 Å². The van der Waals surface area contributed by atoms with Crippen LogP contribution in [0.4, 0.5) is 11.4 Å². The molecule has 2 N–H and O–H groups in total. The highest BCUT2D eigenvalue weighted by Crippen LogP contribution is 2.29. The summed E-state index contributed by atoms with van der Waals surface area (Å²) >= 11 is 0. The highest BCUT2D eigenvalue weighted by Gasteiger charge is 2.17. The third-order valence-electron chi connectivity index (χ3n) is 3.47. The summed E-state index contributed by atoms with van der Waals surface area (Å²) in [6.07, 6.45) is 0. The van der Waals surface area contributed by atoms with Gasteiger partial charge in [-0.2, -0.15) is 5.26 Å². The van der Waals surface area contributed by atoms with E-state index >= 15 is 0 Å². The number of rotatable bonds is 4. The lowest BCUT2D eigenvalue weighted by Crippen LogP contribution is -2.23. The molecule has 0 radical (unpaired) electrons. The van der Waals surface area contributed by atoms with Crippen molar-refractivity contribution in [3.63, 3.8) is 0 Å². The minimum absolute atomic E-state index is 0.00714. The van der Waals surface area contributed by atoms with E-state index in [1.54, 1.807) is 24.3 Å². The summed E-state index contributed by atoms with van der Waals surface area (Å²) in [7, 11) is 0. The van der Waals surface area contributed by atoms with Crippen LogP contribution in [0.25, 0.3) is 0 Å². The molecular formula is C19H21N3O. The third-order valence-corrected chi connectivity index (χ3v) is 3.47. The molecule has 0 saturated heterocycles. The number of carbonyl (C=O) groups is 1. The van der Waals surface area contributed by atoms with Crippen LogP contribution in [0.3, 0.4) is 0 Å². The zero-order valence-electron chi connectivity index (χ0n) is 13.7. The van der Waals surface area contributed by atoms with Gasteiger partial charge in [0.2, 0.25) is 5.91 Å². The molecule has 2 rings (SSSR count). The molecule has 2 aromatic carbocycles. The van der Waals surface area contributed by atoms with Crippen LogP contribution in [0.15, 0.2) is 48.5 Å². The minimum Gasteiger partial charge on any atom is -0.376 e. The average molecular weight is 307 g/mol. The van der Waals surface area contributed by atoms with Gasteiger partial charge in [0, 0.05) is 11.4 Å². The Bertz CT molecular complexity index is 722. The molecule has 2 aromatic rings. The number of amides is 1. The Balaban J connectivity index is 1.98. The Hall–Kier alpha value is -2.80. The summed E-state index contributed by atoms with van der Waals surface area (Å²) in [4.78, 5) is 12.1. The first-order valence-corrected chi connectivity index (χ1v) is 7.53. The van der Waals surface area contributed by atoms with E-state index in [9.17, 15) is 4.79 Å². The van der Waals surface area contributed by atoms with E-state index in [0.717, 1.165) is 5.69 Å². The molecule has 0 aliphatic heterocycles. The van der Waals surface area contributed by atoms with Gasteiger partial charge in [0.1, 0.15) is 0 Å². The summed E-state index contributed by atoms with van der Waals surface area (Å²) in [6.45, 7) is 6.62. The number of nitrogens with one attached hydrogen (secondary N) is 2. The van der Waals surface area contributed by atoms with Gasteiger partial charge >= 0.3 is 0 Å². The molecule has 0 unspecified atom stereocenters. The highest BCUT2D eigenvalue weighted by atomic mass is 16.1. The average Bonchev–Trinajstić information content (AvgIpc) is 2.53. The first-order chi connectivity index (χ1) is 10.9. The minimum atomic E-state index is -0.126. The number of hydrogen-bond donors (Lipinski definition) is 2. The van der Waals surface area contributed by atoms with E-state index in [1.807, 2.05) is 24.3 Å². The van der Waals surface area contributed by atoms with Crippen LogP contribution in [0.2, 0.25) is 0 Å². The second kappa shape index (κ2) is 6.97. The zero-order valence-corrected chi connectivity index (χ0v) is 13.7. The molecule has 0 saturated carbocycles. The van der Waals surface area contributed by atoms with Gasteiger partial charge in [-0.3, -0.25) is 4.79 Å². The fraction of sp³-hybridized carbons (Fsp3) is 0.263. The van der Waals surface area contributed by atoms with Crippen LogP contribution >= 0.6 is 0 Å². The van der Waals surface area contributed by atoms with E-state index in [2.05, 4.69) is 37.5 Å². The van der Waals surface area contributed by atoms with Crippen LogP contribution < -0.4 is 10.6 Å². The first kappa shape index (κ1) is 16.6. The Morgan fingerprint density at radius 3 is 2.35 bits per heavy atom. The first-order valence-electron chi connectivity index (χ1n) is 7.53. The normalized spacial score (nSPS) is 10.7. The van der Waals surface area contributed by atoms with Crippen molar-refractivity contribution in [2.45, 2.75) is 26.2 Å². The SMILES string of the molecule is CC(C)(C)c1ccccc1NCC(=O)Nc1ccc(C#N)cc1. The van der Waals surface area contributed by atoms with Gasteiger partial charge in [-0.1, -0.05) is 39.0 Å². The Kier molecular flexibility index (Phi) is 5.02. The molecule has 0 atom stereocenters. The molecule has 0 fully saturated rings. The largest absolute Gasteiger partial charge is 0.376 e. The van der Waals surface area contributed by atoms with E-state index in [4.69, 9.17) is 5.26 Å². The van der Waals surface area contributed by atoms with Gasteiger partial charge in [-0.05, 0) is 41.3 Å². The van der Waals surface area contributed by atoms with Crippen LogP contribution in [-0.4, -0.2) is 12.5 Å². The van der Waals surface area contributed by atoms with Crippen LogP contribution in [-0.2, 0) is 10.2 Å². The van der Waals surface area contributed by atoms with Gasteiger partial charge in [-0.15, -0.1) is 0 Å². The van der Waals surface area contributed by atoms with E-state index in [-0.39, 0.29) is 17.9 Å². The summed E-state index contributed by atoms with van der Waals surface area (Å²) in [5.41, 5.74) is 3.40. The quantitative estimate of drug-likeness (QED) is 0.900. The van der Waals surface area contributed by atoms with Gasteiger partial charge in [0.15, 0.2) is 0 Å². The van der Waals surface area contributed by atoms with Gasteiger partial charge < -0.3 is 10.6 Å². The van der Waals surface area contributed by atoms with E-state index in [1.165, 1.54) is 5.56 Å². The number of nitriles is 1. The molecule has 1 amide bonds. The van der Waals surface area contributed by atoms with Crippen molar-refractivity contribution in [2.75, 3.05) is 17.2 Å². The van der Waals surface area contributed by atoms with Crippen molar-refractivity contribution in [1.82, 2.24) is 0 Å². The molecule has 0 spiro atoms. The molecule has 4 nitrogen and oxygen atoms in total. The van der Waals surface area contributed by atoms with E-state index < -0.39 is 0 Å². The van der Waals surface area contributed by atoms with E-state index in [0.29, 0.717) is 11.3 Å². The maximum Gasteiger partial charge on any atom is 0.243 e. The summed E-state index contributed by atoms with van der Waals surface area (Å²) in [5.74, 6) is -0.126. The van der Waals surface area contributed by atoms with Crippen molar-refractivity contribution in [2.24, 2.45) is 0 Å². The molecule has 0 bridgehead atoms. The van der Waals surface area contributed by atoms with Crippen LogP contribution in [0, 0.1) is 11.3 Å². The monoisotopic (exact) mass is 307 g/mol. The topological polar surface area (TPSA) is 64.9 Å². The third kappa shape index (κ3) is 4.58. The van der Waals surface area contributed by atoms with Gasteiger partial charge in [-0.25, -0.2) is 0 Å². The van der Waals surface area contributed by atoms with Crippen LogP contribution in [0.1, 0.15) is 31.9 Å².